The molecule has 2 N–H and O–H groups in total. The molecule has 0 radical (unpaired) electrons. The molecule has 1 unspecified atom stereocenters. The van der Waals surface area contributed by atoms with E-state index in [1.165, 1.54) is 0 Å². The summed E-state index contributed by atoms with van der Waals surface area (Å²) in [6, 6.07) is 8.11. The van der Waals surface area contributed by atoms with Gasteiger partial charge in [0, 0.05) is 50.9 Å². The van der Waals surface area contributed by atoms with E-state index in [-0.39, 0.29) is 29.8 Å². The molecule has 4 heterocycles. The topological polar surface area (TPSA) is 117 Å². The van der Waals surface area contributed by atoms with Crippen LogP contribution in [0.5, 0.6) is 6.01 Å². The number of carbonyl (C=O) groups excluding carboxylic acids is 2. The molecule has 1 atom stereocenters. The van der Waals surface area contributed by atoms with E-state index in [0.717, 1.165) is 67.8 Å². The molecule has 2 aliphatic heterocycles. The fraction of sp³-hybridized carbons (Fsp3) is 0.552. The molecule has 2 aromatic heterocycles. The lowest BCUT2D eigenvalue weighted by Crippen LogP contribution is -2.42. The van der Waals surface area contributed by atoms with Gasteiger partial charge < -0.3 is 25.2 Å². The van der Waals surface area contributed by atoms with Crippen LogP contribution in [0.15, 0.2) is 30.5 Å². The van der Waals surface area contributed by atoms with Gasteiger partial charge in [-0.15, -0.1) is 0 Å². The van der Waals surface area contributed by atoms with Gasteiger partial charge in [0.05, 0.1) is 12.1 Å². The largest absolute Gasteiger partial charge is 0.460 e. The Labute approximate surface area is 235 Å². The Morgan fingerprint density at radius 3 is 2.67 bits per heavy atom. The Balaban J connectivity index is 1.29. The summed E-state index contributed by atoms with van der Waals surface area (Å²) in [5.41, 5.74) is 3.48. The summed E-state index contributed by atoms with van der Waals surface area (Å²) in [6.07, 6.45) is 5.43. The van der Waals surface area contributed by atoms with Crippen LogP contribution in [0, 0.1) is 5.92 Å². The molecule has 11 nitrogen and oxygen atoms in total. The van der Waals surface area contributed by atoms with Crippen LogP contribution in [0.3, 0.4) is 0 Å². The van der Waals surface area contributed by atoms with Crippen molar-refractivity contribution in [2.45, 2.75) is 65.0 Å². The molecular formula is C29H40N8O3. The predicted octanol–water partition coefficient (Wildman–Crippen LogP) is 3.53. The second kappa shape index (κ2) is 12.2. The standard InChI is InChI=1S/C29H40N8O3/c1-19(2)25-17-31-37-26(25)33-29(40-24-10-13-35(4)14-11-24)34-28(37)30-16-21-7-5-9-23(15-21)32-27(39)22-8-6-12-36(18-22)20(3)38/h5,7,9,15,17,19,22,24H,6,8,10-14,16,18H2,1-4H3,(H,32,39)(H,30,33,34). The first-order valence-electron chi connectivity index (χ1n) is 14.3. The lowest BCUT2D eigenvalue weighted by molar-refractivity contribution is -0.132. The number of amides is 2. The van der Waals surface area contributed by atoms with Crippen molar-refractivity contribution in [3.8, 4) is 6.01 Å². The number of carbonyl (C=O) groups is 2. The number of hydrogen-bond donors (Lipinski definition) is 2. The Morgan fingerprint density at radius 1 is 1.12 bits per heavy atom. The first kappa shape index (κ1) is 27.8. The van der Waals surface area contributed by atoms with Crippen molar-refractivity contribution in [2.75, 3.05) is 43.9 Å². The molecule has 1 aromatic carbocycles. The molecule has 2 aliphatic rings. The molecule has 214 valence electrons. The van der Waals surface area contributed by atoms with Crippen LogP contribution in [0.4, 0.5) is 11.6 Å². The summed E-state index contributed by atoms with van der Waals surface area (Å²) >= 11 is 0. The molecule has 0 bridgehead atoms. The maximum absolute atomic E-state index is 12.9. The van der Waals surface area contributed by atoms with Gasteiger partial charge in [-0.2, -0.15) is 19.6 Å². The van der Waals surface area contributed by atoms with Gasteiger partial charge in [-0.1, -0.05) is 26.0 Å². The molecule has 2 amide bonds. The highest BCUT2D eigenvalue weighted by molar-refractivity contribution is 5.93. The average Bonchev–Trinajstić information content (AvgIpc) is 3.38. The molecule has 2 saturated heterocycles. The van der Waals surface area contributed by atoms with E-state index in [1.54, 1.807) is 16.3 Å². The number of nitrogens with zero attached hydrogens (tertiary/aromatic N) is 6. The van der Waals surface area contributed by atoms with Crippen LogP contribution in [0.25, 0.3) is 5.65 Å². The van der Waals surface area contributed by atoms with E-state index >= 15 is 0 Å². The Hall–Kier alpha value is -3.73. The van der Waals surface area contributed by atoms with Crippen LogP contribution >= 0.6 is 0 Å². The summed E-state index contributed by atoms with van der Waals surface area (Å²) in [4.78, 5) is 38.2. The van der Waals surface area contributed by atoms with Crippen molar-refractivity contribution < 1.29 is 14.3 Å². The number of aromatic nitrogens is 4. The molecule has 5 rings (SSSR count). The van der Waals surface area contributed by atoms with Crippen molar-refractivity contribution >= 4 is 29.1 Å². The van der Waals surface area contributed by atoms with Gasteiger partial charge in [-0.05, 0) is 56.3 Å². The average molecular weight is 549 g/mol. The minimum Gasteiger partial charge on any atom is -0.460 e. The number of anilines is 2. The molecule has 0 spiro atoms. The number of rotatable bonds is 8. The zero-order valence-electron chi connectivity index (χ0n) is 23.9. The monoisotopic (exact) mass is 548 g/mol. The van der Waals surface area contributed by atoms with Gasteiger partial charge in [0.15, 0.2) is 5.65 Å². The maximum Gasteiger partial charge on any atom is 0.322 e. The van der Waals surface area contributed by atoms with E-state index in [2.05, 4.69) is 41.5 Å². The molecule has 11 heteroatoms. The fourth-order valence-electron chi connectivity index (χ4n) is 5.36. The minimum absolute atomic E-state index is 0.0157. The molecule has 3 aromatic rings. The number of hydrogen-bond acceptors (Lipinski definition) is 8. The van der Waals surface area contributed by atoms with Gasteiger partial charge >= 0.3 is 6.01 Å². The van der Waals surface area contributed by atoms with Crippen molar-refractivity contribution in [2.24, 2.45) is 5.92 Å². The van der Waals surface area contributed by atoms with Crippen LogP contribution in [0.1, 0.15) is 63.5 Å². The number of benzene rings is 1. The van der Waals surface area contributed by atoms with Crippen molar-refractivity contribution in [3.63, 3.8) is 0 Å². The second-order valence-electron chi connectivity index (χ2n) is 11.3. The van der Waals surface area contributed by atoms with Gasteiger partial charge in [-0.25, -0.2) is 0 Å². The van der Waals surface area contributed by atoms with Crippen LogP contribution in [-0.2, 0) is 16.1 Å². The Bertz CT molecular complexity index is 1350. The highest BCUT2D eigenvalue weighted by atomic mass is 16.5. The minimum atomic E-state index is -0.202. The lowest BCUT2D eigenvalue weighted by atomic mass is 9.97. The van der Waals surface area contributed by atoms with Gasteiger partial charge in [0.1, 0.15) is 6.10 Å². The predicted molar refractivity (Wildman–Crippen MR) is 153 cm³/mol. The van der Waals surface area contributed by atoms with Gasteiger partial charge in [-0.3, -0.25) is 9.59 Å². The highest BCUT2D eigenvalue weighted by Gasteiger charge is 2.27. The SMILES string of the molecule is CC(=O)N1CCCC(C(=O)Nc2cccc(CNc3nc(OC4CCN(C)CC4)nc4c(C(C)C)cnn34)c2)C1. The maximum atomic E-state index is 12.9. The third kappa shape index (κ3) is 6.52. The number of fused-ring (bicyclic) bond motifs is 1. The third-order valence-electron chi connectivity index (χ3n) is 7.82. The Morgan fingerprint density at radius 2 is 1.93 bits per heavy atom. The van der Waals surface area contributed by atoms with Crippen molar-refractivity contribution in [1.82, 2.24) is 29.4 Å². The quantitative estimate of drug-likeness (QED) is 0.439. The molecule has 2 fully saturated rings. The van der Waals surface area contributed by atoms with Gasteiger partial charge in [0.2, 0.25) is 17.8 Å². The normalized spacial score (nSPS) is 18.7. The third-order valence-corrected chi connectivity index (χ3v) is 7.82. The van der Waals surface area contributed by atoms with E-state index in [0.29, 0.717) is 25.0 Å². The van der Waals surface area contributed by atoms with Crippen LogP contribution in [0.2, 0.25) is 0 Å². The summed E-state index contributed by atoms with van der Waals surface area (Å²) in [5.74, 6) is 0.569. The fourth-order valence-corrected chi connectivity index (χ4v) is 5.36. The molecular weight excluding hydrogens is 508 g/mol. The summed E-state index contributed by atoms with van der Waals surface area (Å²) in [6.45, 7) is 9.44. The number of ether oxygens (including phenoxy) is 1. The molecule has 0 aliphatic carbocycles. The van der Waals surface area contributed by atoms with Gasteiger partial charge in [0.25, 0.3) is 0 Å². The van der Waals surface area contributed by atoms with Crippen LogP contribution in [-0.4, -0.2) is 80.5 Å². The van der Waals surface area contributed by atoms with Crippen LogP contribution < -0.4 is 15.4 Å². The van der Waals surface area contributed by atoms with E-state index in [4.69, 9.17) is 14.7 Å². The lowest BCUT2D eigenvalue weighted by Gasteiger charge is -2.31. The number of nitrogens with one attached hydrogen (secondary N) is 2. The van der Waals surface area contributed by atoms with E-state index in [1.807, 2.05) is 30.5 Å². The summed E-state index contributed by atoms with van der Waals surface area (Å²) < 4.78 is 7.98. The van der Waals surface area contributed by atoms with Crippen molar-refractivity contribution in [1.29, 1.82) is 0 Å². The number of piperidine rings is 2. The van der Waals surface area contributed by atoms with Crippen molar-refractivity contribution in [3.05, 3.63) is 41.6 Å². The number of likely N-dealkylation sites (tertiary alicyclic amines) is 2. The first-order chi connectivity index (χ1) is 19.3. The van der Waals surface area contributed by atoms with E-state index in [9.17, 15) is 9.59 Å². The zero-order valence-corrected chi connectivity index (χ0v) is 23.9. The second-order valence-corrected chi connectivity index (χ2v) is 11.3. The smallest absolute Gasteiger partial charge is 0.322 e. The Kier molecular flexibility index (Phi) is 8.49. The zero-order chi connectivity index (χ0) is 28.2. The van der Waals surface area contributed by atoms with E-state index < -0.39 is 0 Å². The summed E-state index contributed by atoms with van der Waals surface area (Å²) in [7, 11) is 2.13. The molecule has 0 saturated carbocycles. The highest BCUT2D eigenvalue weighted by Crippen LogP contribution is 2.25. The molecule has 40 heavy (non-hydrogen) atoms. The summed E-state index contributed by atoms with van der Waals surface area (Å²) in [5, 5.41) is 11.0. The first-order valence-corrected chi connectivity index (χ1v) is 14.3.